The largest absolute Gasteiger partial charge is 0.308 e. The zero-order chi connectivity index (χ0) is 46.6. The molecule has 9 aromatic carbocycles. The smallest absolute Gasteiger partial charge is 0.160 e. The summed E-state index contributed by atoms with van der Waals surface area (Å²) >= 11 is 3.53. The molecule has 0 N–H and O–H groups in total. The number of hydrogen-bond acceptors (Lipinski definition) is 7. The van der Waals surface area contributed by atoms with Crippen molar-refractivity contribution in [2.75, 3.05) is 0 Å². The Morgan fingerprint density at radius 1 is 0.343 bits per heavy atom. The quantitative estimate of drug-likeness (QED) is 0.171. The van der Waals surface area contributed by atoms with Crippen molar-refractivity contribution in [1.82, 2.24) is 19.1 Å². The molecule has 0 saturated heterocycles. The third-order valence-electron chi connectivity index (χ3n) is 13.7. The van der Waals surface area contributed by atoms with Gasteiger partial charge in [-0.05, 0) is 72.8 Å². The van der Waals surface area contributed by atoms with Crippen LogP contribution in [0.5, 0.6) is 0 Å². The molecule has 0 spiro atoms. The van der Waals surface area contributed by atoms with Crippen molar-refractivity contribution in [3.05, 3.63) is 205 Å². The van der Waals surface area contributed by atoms with Gasteiger partial charge in [-0.2, -0.15) is 15.8 Å². The Kier molecular flexibility index (Phi) is 8.68. The third kappa shape index (κ3) is 5.82. The lowest BCUT2D eigenvalue weighted by Crippen LogP contribution is -2.03. The summed E-state index contributed by atoms with van der Waals surface area (Å²) in [6, 6.07) is 71.3. The number of nitrogens with zero attached hydrogens (tertiary/aromatic N) is 7. The lowest BCUT2D eigenvalue weighted by molar-refractivity contribution is 1.15. The second-order valence-corrected chi connectivity index (χ2v) is 19.6. The predicted octanol–water partition coefficient (Wildman–Crippen LogP) is 16.0. The van der Waals surface area contributed by atoms with Crippen LogP contribution in [0.25, 0.3) is 129 Å². The summed E-state index contributed by atoms with van der Waals surface area (Å²) in [5.74, 6) is 0.416. The summed E-state index contributed by atoms with van der Waals surface area (Å²) < 4.78 is 9.15. The lowest BCUT2D eigenvalue weighted by atomic mass is 9.97. The van der Waals surface area contributed by atoms with Crippen LogP contribution in [0.4, 0.5) is 0 Å². The average molecular weight is 926 g/mol. The van der Waals surface area contributed by atoms with Crippen LogP contribution in [-0.2, 0) is 0 Å². The van der Waals surface area contributed by atoms with Crippen LogP contribution in [0.2, 0.25) is 0 Å². The fourth-order valence-electron chi connectivity index (χ4n) is 10.5. The molecule has 70 heavy (non-hydrogen) atoms. The van der Waals surface area contributed by atoms with Crippen LogP contribution < -0.4 is 0 Å². The van der Waals surface area contributed by atoms with Gasteiger partial charge in [0.1, 0.15) is 23.8 Å². The third-order valence-corrected chi connectivity index (χ3v) is 15.9. The van der Waals surface area contributed by atoms with Crippen LogP contribution >= 0.6 is 22.7 Å². The molecule has 0 unspecified atom stereocenters. The Morgan fingerprint density at radius 2 is 0.786 bits per heavy atom. The van der Waals surface area contributed by atoms with Crippen molar-refractivity contribution >= 4 is 107 Å². The van der Waals surface area contributed by atoms with Crippen LogP contribution in [0, 0.1) is 34.0 Å². The number of thiophene rings is 2. The highest BCUT2D eigenvalue weighted by molar-refractivity contribution is 7.26. The summed E-state index contributed by atoms with van der Waals surface area (Å²) in [5.41, 5.74) is 9.26. The molecular weight excluding hydrogens is 895 g/mol. The monoisotopic (exact) mass is 925 g/mol. The fourth-order valence-corrected chi connectivity index (χ4v) is 12.8. The molecule has 0 bridgehead atoms. The van der Waals surface area contributed by atoms with Gasteiger partial charge in [-0.15, -0.1) is 22.7 Å². The molecule has 14 aromatic rings. The van der Waals surface area contributed by atoms with Crippen molar-refractivity contribution in [3.63, 3.8) is 0 Å². The first-order chi connectivity index (χ1) is 34.6. The van der Waals surface area contributed by atoms with E-state index in [1.54, 1.807) is 22.7 Å². The zero-order valence-corrected chi connectivity index (χ0v) is 38.5. The molecule has 0 amide bonds. The van der Waals surface area contributed by atoms with Gasteiger partial charge in [-0.25, -0.2) is 9.97 Å². The first kappa shape index (κ1) is 39.7. The Labute approximate surface area is 407 Å². The van der Waals surface area contributed by atoms with Crippen LogP contribution in [-0.4, -0.2) is 19.1 Å². The van der Waals surface area contributed by atoms with Gasteiger partial charge in [0, 0.05) is 78.6 Å². The summed E-state index contributed by atoms with van der Waals surface area (Å²) in [6.07, 6.45) is 0. The molecule has 9 heteroatoms. The predicted molar refractivity (Wildman–Crippen MR) is 287 cm³/mol. The molecular formula is C61H31N7S2. The van der Waals surface area contributed by atoms with E-state index in [-0.39, 0.29) is 5.56 Å². The van der Waals surface area contributed by atoms with Crippen molar-refractivity contribution in [3.8, 4) is 63.5 Å². The molecule has 0 atom stereocenters. The summed E-state index contributed by atoms with van der Waals surface area (Å²) in [4.78, 5) is 10.2. The van der Waals surface area contributed by atoms with Gasteiger partial charge in [-0.1, -0.05) is 115 Å². The number of fused-ring (bicyclic) bond motifs is 12. The van der Waals surface area contributed by atoms with Crippen LogP contribution in [0.3, 0.4) is 0 Å². The van der Waals surface area contributed by atoms with Gasteiger partial charge in [-0.3, -0.25) is 0 Å². The first-order valence-electron chi connectivity index (χ1n) is 22.7. The SMILES string of the molecule is N#Cc1cc(-c2nc(-c3ccccc3)nc(-c3ccc(-n4c5ccccc5c5cc6c(cc54)sc4ccccc46)c(C#N)c3)c2C#N)ccc1-n1c2ccccc2c2cc3c(cc21)sc1ccccc13. The molecule has 7 nitrogen and oxygen atoms in total. The number of para-hydroxylation sites is 2. The van der Waals surface area contributed by atoms with E-state index in [1.807, 2.05) is 78.9 Å². The molecule has 0 aliphatic carbocycles. The number of hydrogen-bond donors (Lipinski definition) is 0. The molecule has 0 fully saturated rings. The molecule has 0 aliphatic heterocycles. The van der Waals surface area contributed by atoms with Gasteiger partial charge < -0.3 is 9.13 Å². The highest BCUT2D eigenvalue weighted by atomic mass is 32.1. The number of aromatic nitrogens is 4. The molecule has 322 valence electrons. The maximum atomic E-state index is 11.1. The maximum absolute atomic E-state index is 11.1. The highest BCUT2D eigenvalue weighted by Crippen LogP contribution is 2.44. The molecule has 5 aromatic heterocycles. The van der Waals surface area contributed by atoms with E-state index >= 15 is 0 Å². The first-order valence-corrected chi connectivity index (χ1v) is 24.4. The number of rotatable bonds is 5. The summed E-state index contributed by atoms with van der Waals surface area (Å²) in [5, 5.41) is 42.4. The topological polar surface area (TPSA) is 107 Å². The van der Waals surface area contributed by atoms with E-state index in [4.69, 9.17) is 9.97 Å². The van der Waals surface area contributed by atoms with Gasteiger partial charge >= 0.3 is 0 Å². The second kappa shape index (κ2) is 15.3. The van der Waals surface area contributed by atoms with E-state index in [0.29, 0.717) is 39.5 Å². The number of nitriles is 3. The van der Waals surface area contributed by atoms with Gasteiger partial charge in [0.05, 0.1) is 56.0 Å². The van der Waals surface area contributed by atoms with Crippen molar-refractivity contribution < 1.29 is 0 Å². The Morgan fingerprint density at radius 3 is 1.26 bits per heavy atom. The maximum Gasteiger partial charge on any atom is 0.160 e. The minimum atomic E-state index is 0.237. The van der Waals surface area contributed by atoms with E-state index in [1.165, 1.54) is 40.3 Å². The standard InChI is InChI=1S/C61H31N7S2/c62-32-38-26-36(22-24-49(38)67-51-18-8-4-14-40(51)44-28-46-42-16-6-10-20-55(42)69-57(46)30-53(44)67)59-48(34-64)60(66-61(65-59)35-12-2-1-3-13-35)37-23-25-50(39(27-37)33-63)68-52-19-9-5-15-41(52)45-29-47-43-17-7-11-21-56(43)70-58(47)31-54(45)68/h1-31H. The normalized spacial score (nSPS) is 11.7. The van der Waals surface area contributed by atoms with Crippen molar-refractivity contribution in [2.24, 2.45) is 0 Å². The Hall–Kier alpha value is -9.43. The lowest BCUT2D eigenvalue weighted by Gasteiger charge is -2.16. The summed E-state index contributed by atoms with van der Waals surface area (Å²) in [6.45, 7) is 0. The molecule has 0 saturated carbocycles. The zero-order valence-electron chi connectivity index (χ0n) is 36.8. The van der Waals surface area contributed by atoms with E-state index in [0.717, 1.165) is 60.5 Å². The Bertz CT molecular complexity index is 4430. The van der Waals surface area contributed by atoms with Gasteiger partial charge in [0.15, 0.2) is 5.82 Å². The second-order valence-electron chi connectivity index (χ2n) is 17.4. The van der Waals surface area contributed by atoms with Gasteiger partial charge in [0.2, 0.25) is 0 Å². The van der Waals surface area contributed by atoms with Crippen molar-refractivity contribution in [1.29, 1.82) is 15.8 Å². The van der Waals surface area contributed by atoms with E-state index in [9.17, 15) is 15.8 Å². The van der Waals surface area contributed by atoms with Crippen LogP contribution in [0.1, 0.15) is 16.7 Å². The molecule has 14 rings (SSSR count). The average Bonchev–Trinajstić information content (AvgIpc) is 4.16. The molecule has 5 heterocycles. The minimum absolute atomic E-state index is 0.237. The highest BCUT2D eigenvalue weighted by Gasteiger charge is 2.24. The van der Waals surface area contributed by atoms with Crippen molar-refractivity contribution in [2.45, 2.75) is 0 Å². The molecule has 0 radical (unpaired) electrons. The number of benzene rings is 9. The molecule has 0 aliphatic rings. The minimum Gasteiger partial charge on any atom is -0.308 e. The van der Waals surface area contributed by atoms with E-state index in [2.05, 4.69) is 137 Å². The summed E-state index contributed by atoms with van der Waals surface area (Å²) in [7, 11) is 0. The fraction of sp³-hybridized carbons (Fsp3) is 0. The Balaban J connectivity index is 0.949. The van der Waals surface area contributed by atoms with E-state index < -0.39 is 0 Å². The van der Waals surface area contributed by atoms with Crippen LogP contribution in [0.15, 0.2) is 188 Å². The van der Waals surface area contributed by atoms with Gasteiger partial charge in [0.25, 0.3) is 0 Å².